The van der Waals surface area contributed by atoms with Gasteiger partial charge in [-0.25, -0.2) is 0 Å². The Bertz CT molecular complexity index is 423. The molecule has 4 nitrogen and oxygen atoms in total. The molecular weight excluding hydrogens is 240 g/mol. The SMILES string of the molecule is COc1ccc(CN2CCCN(C)CC2C)cc1O. The fraction of sp³-hybridized carbons (Fsp3) is 0.600. The molecule has 19 heavy (non-hydrogen) atoms. The van der Waals surface area contributed by atoms with E-state index < -0.39 is 0 Å². The number of rotatable bonds is 3. The maximum atomic E-state index is 9.83. The number of ether oxygens (including phenoxy) is 1. The number of nitrogens with zero attached hydrogens (tertiary/aromatic N) is 2. The highest BCUT2D eigenvalue weighted by atomic mass is 16.5. The minimum absolute atomic E-state index is 0.222. The molecule has 1 saturated heterocycles. The second-order valence-electron chi connectivity index (χ2n) is 5.44. The van der Waals surface area contributed by atoms with Crippen molar-refractivity contribution in [2.45, 2.75) is 25.9 Å². The second-order valence-corrected chi connectivity index (χ2v) is 5.44. The zero-order valence-corrected chi connectivity index (χ0v) is 12.1. The zero-order chi connectivity index (χ0) is 13.8. The average Bonchev–Trinajstić information content (AvgIpc) is 2.52. The van der Waals surface area contributed by atoms with Gasteiger partial charge in [0, 0.05) is 25.7 Å². The lowest BCUT2D eigenvalue weighted by Gasteiger charge is -2.28. The van der Waals surface area contributed by atoms with Crippen LogP contribution in [0.15, 0.2) is 18.2 Å². The number of phenolic OH excluding ortho intramolecular Hbond substituents is 1. The molecule has 1 heterocycles. The number of phenols is 1. The first-order chi connectivity index (χ1) is 9.10. The third-order valence-electron chi connectivity index (χ3n) is 3.81. The number of benzene rings is 1. The van der Waals surface area contributed by atoms with Gasteiger partial charge in [-0.1, -0.05) is 6.07 Å². The summed E-state index contributed by atoms with van der Waals surface area (Å²) in [5.41, 5.74) is 1.13. The van der Waals surface area contributed by atoms with Crippen molar-refractivity contribution in [3.05, 3.63) is 23.8 Å². The molecule has 106 valence electrons. The predicted molar refractivity (Wildman–Crippen MR) is 76.6 cm³/mol. The Morgan fingerprint density at radius 1 is 1.37 bits per heavy atom. The van der Waals surface area contributed by atoms with Gasteiger partial charge in [0.15, 0.2) is 11.5 Å². The Labute approximate surface area is 115 Å². The van der Waals surface area contributed by atoms with Crippen LogP contribution in [0.25, 0.3) is 0 Å². The maximum absolute atomic E-state index is 9.83. The van der Waals surface area contributed by atoms with E-state index in [0.717, 1.165) is 31.7 Å². The van der Waals surface area contributed by atoms with Crippen LogP contribution in [-0.4, -0.2) is 54.7 Å². The lowest BCUT2D eigenvalue weighted by atomic mass is 10.1. The van der Waals surface area contributed by atoms with Crippen LogP contribution < -0.4 is 4.74 Å². The van der Waals surface area contributed by atoms with Crippen LogP contribution in [0.4, 0.5) is 0 Å². The zero-order valence-electron chi connectivity index (χ0n) is 12.1. The Morgan fingerprint density at radius 2 is 2.16 bits per heavy atom. The summed E-state index contributed by atoms with van der Waals surface area (Å²) in [6.45, 7) is 6.52. The number of aromatic hydroxyl groups is 1. The minimum Gasteiger partial charge on any atom is -0.504 e. The van der Waals surface area contributed by atoms with Gasteiger partial charge >= 0.3 is 0 Å². The molecule has 0 aromatic heterocycles. The summed E-state index contributed by atoms with van der Waals surface area (Å²) >= 11 is 0. The monoisotopic (exact) mass is 264 g/mol. The molecule has 1 N–H and O–H groups in total. The lowest BCUT2D eigenvalue weighted by Crippen LogP contribution is -2.37. The molecule has 1 unspecified atom stereocenters. The molecule has 1 aliphatic rings. The summed E-state index contributed by atoms with van der Waals surface area (Å²) in [6, 6.07) is 6.20. The second kappa shape index (κ2) is 6.26. The van der Waals surface area contributed by atoms with Crippen LogP contribution in [-0.2, 0) is 6.54 Å². The third-order valence-corrected chi connectivity index (χ3v) is 3.81. The quantitative estimate of drug-likeness (QED) is 0.905. The summed E-state index contributed by atoms with van der Waals surface area (Å²) in [6.07, 6.45) is 1.20. The highest BCUT2D eigenvalue weighted by molar-refractivity contribution is 5.41. The Balaban J connectivity index is 2.05. The molecule has 1 atom stereocenters. The Morgan fingerprint density at radius 3 is 2.84 bits per heavy atom. The average molecular weight is 264 g/mol. The van der Waals surface area contributed by atoms with Crippen LogP contribution in [0, 0.1) is 0 Å². The molecule has 1 aliphatic heterocycles. The van der Waals surface area contributed by atoms with Crippen molar-refractivity contribution in [2.75, 3.05) is 33.8 Å². The van der Waals surface area contributed by atoms with Gasteiger partial charge in [0.2, 0.25) is 0 Å². The van der Waals surface area contributed by atoms with Crippen LogP contribution in [0.5, 0.6) is 11.5 Å². The van der Waals surface area contributed by atoms with Crippen molar-refractivity contribution in [3.8, 4) is 11.5 Å². The molecule has 0 aliphatic carbocycles. The summed E-state index contributed by atoms with van der Waals surface area (Å²) in [5.74, 6) is 0.756. The van der Waals surface area contributed by atoms with Gasteiger partial charge in [-0.05, 0) is 44.6 Å². The minimum atomic E-state index is 0.222. The smallest absolute Gasteiger partial charge is 0.160 e. The Kier molecular flexibility index (Phi) is 4.66. The van der Waals surface area contributed by atoms with Crippen LogP contribution in [0.2, 0.25) is 0 Å². The van der Waals surface area contributed by atoms with E-state index in [1.807, 2.05) is 12.1 Å². The molecule has 0 spiro atoms. The number of hydrogen-bond acceptors (Lipinski definition) is 4. The fourth-order valence-corrected chi connectivity index (χ4v) is 2.73. The largest absolute Gasteiger partial charge is 0.504 e. The lowest BCUT2D eigenvalue weighted by molar-refractivity contribution is 0.194. The van der Waals surface area contributed by atoms with Crippen LogP contribution in [0.3, 0.4) is 0 Å². The van der Waals surface area contributed by atoms with E-state index in [4.69, 9.17) is 4.74 Å². The number of hydrogen-bond donors (Lipinski definition) is 1. The standard InChI is InChI=1S/C15H24N2O2/c1-12-10-16(2)7-4-8-17(12)11-13-5-6-15(19-3)14(18)9-13/h5-6,9,12,18H,4,7-8,10-11H2,1-3H3. The molecule has 4 heteroatoms. The number of methoxy groups -OCH3 is 1. The highest BCUT2D eigenvalue weighted by Gasteiger charge is 2.19. The van der Waals surface area contributed by atoms with E-state index in [1.165, 1.54) is 6.42 Å². The summed E-state index contributed by atoms with van der Waals surface area (Å²) in [7, 11) is 3.75. The van der Waals surface area contributed by atoms with Gasteiger partial charge in [-0.15, -0.1) is 0 Å². The van der Waals surface area contributed by atoms with Gasteiger partial charge in [0.25, 0.3) is 0 Å². The van der Waals surface area contributed by atoms with Gasteiger partial charge < -0.3 is 14.7 Å². The topological polar surface area (TPSA) is 35.9 Å². The summed E-state index contributed by atoms with van der Waals surface area (Å²) < 4.78 is 5.07. The molecule has 0 bridgehead atoms. The first-order valence-corrected chi connectivity index (χ1v) is 6.88. The van der Waals surface area contributed by atoms with E-state index in [2.05, 4.69) is 23.8 Å². The van der Waals surface area contributed by atoms with E-state index in [1.54, 1.807) is 13.2 Å². The summed E-state index contributed by atoms with van der Waals surface area (Å²) in [4.78, 5) is 4.86. The van der Waals surface area contributed by atoms with E-state index >= 15 is 0 Å². The predicted octanol–water partition coefficient (Wildman–Crippen LogP) is 1.93. The molecule has 0 amide bonds. The normalized spacial score (nSPS) is 22.2. The van der Waals surface area contributed by atoms with Crippen molar-refractivity contribution >= 4 is 0 Å². The molecule has 1 aromatic rings. The fourth-order valence-electron chi connectivity index (χ4n) is 2.73. The van der Waals surface area contributed by atoms with E-state index in [0.29, 0.717) is 11.8 Å². The third kappa shape index (κ3) is 3.61. The molecule has 0 saturated carbocycles. The van der Waals surface area contributed by atoms with E-state index in [9.17, 15) is 5.11 Å². The summed E-state index contributed by atoms with van der Waals surface area (Å²) in [5, 5.41) is 9.83. The van der Waals surface area contributed by atoms with Crippen molar-refractivity contribution < 1.29 is 9.84 Å². The molecule has 1 fully saturated rings. The van der Waals surface area contributed by atoms with Gasteiger partial charge in [0.1, 0.15) is 0 Å². The van der Waals surface area contributed by atoms with Crippen molar-refractivity contribution in [1.82, 2.24) is 9.80 Å². The first-order valence-electron chi connectivity index (χ1n) is 6.88. The highest BCUT2D eigenvalue weighted by Crippen LogP contribution is 2.27. The van der Waals surface area contributed by atoms with E-state index in [-0.39, 0.29) is 5.75 Å². The van der Waals surface area contributed by atoms with Crippen LogP contribution in [0.1, 0.15) is 18.9 Å². The van der Waals surface area contributed by atoms with Crippen molar-refractivity contribution in [3.63, 3.8) is 0 Å². The van der Waals surface area contributed by atoms with Gasteiger partial charge in [0.05, 0.1) is 7.11 Å². The van der Waals surface area contributed by atoms with Crippen molar-refractivity contribution in [1.29, 1.82) is 0 Å². The molecule has 2 rings (SSSR count). The molecule has 1 aromatic carbocycles. The van der Waals surface area contributed by atoms with Gasteiger partial charge in [-0.2, -0.15) is 0 Å². The maximum Gasteiger partial charge on any atom is 0.160 e. The van der Waals surface area contributed by atoms with Crippen LogP contribution >= 0.6 is 0 Å². The Hall–Kier alpha value is -1.26. The number of likely N-dealkylation sites (N-methyl/N-ethyl adjacent to an activating group) is 1. The van der Waals surface area contributed by atoms with Crippen molar-refractivity contribution in [2.24, 2.45) is 0 Å². The van der Waals surface area contributed by atoms with Gasteiger partial charge in [-0.3, -0.25) is 4.90 Å². The first kappa shape index (κ1) is 14.2. The molecule has 0 radical (unpaired) electrons. The molecular formula is C15H24N2O2.